The number of carbonyl (C=O) groups is 3. The van der Waals surface area contributed by atoms with Gasteiger partial charge in [-0.25, -0.2) is 4.79 Å². The molecule has 0 aromatic rings. The highest BCUT2D eigenvalue weighted by molar-refractivity contribution is 5.78. The summed E-state index contributed by atoms with van der Waals surface area (Å²) >= 11 is 0. The summed E-state index contributed by atoms with van der Waals surface area (Å²) in [5.41, 5.74) is 0. The van der Waals surface area contributed by atoms with Crippen molar-refractivity contribution in [3.8, 4) is 0 Å². The standard InChI is InChI=1S/C19H34N4O4/c1-4-20-12-14-21(15-13-20)18(25)8-11-23(16(3)24)17-6-9-22(10-7-17)19(26)27-5-2/h17H,4-15H2,1-3H3. The molecule has 0 aliphatic carbocycles. The summed E-state index contributed by atoms with van der Waals surface area (Å²) in [4.78, 5) is 44.2. The fraction of sp³-hybridized carbons (Fsp3) is 0.842. The maximum Gasteiger partial charge on any atom is 0.409 e. The second kappa shape index (κ2) is 10.5. The monoisotopic (exact) mass is 382 g/mol. The van der Waals surface area contributed by atoms with E-state index in [1.54, 1.807) is 18.7 Å². The van der Waals surface area contributed by atoms with Crippen molar-refractivity contribution in [2.45, 2.75) is 46.1 Å². The molecule has 0 unspecified atom stereocenters. The highest BCUT2D eigenvalue weighted by atomic mass is 16.6. The molecule has 0 aromatic carbocycles. The molecule has 27 heavy (non-hydrogen) atoms. The number of likely N-dealkylation sites (N-methyl/N-ethyl adjacent to an activating group) is 1. The van der Waals surface area contributed by atoms with Gasteiger partial charge in [-0.05, 0) is 26.3 Å². The Bertz CT molecular complexity index is 512. The lowest BCUT2D eigenvalue weighted by atomic mass is 10.0. The first-order valence-electron chi connectivity index (χ1n) is 10.1. The molecule has 3 amide bonds. The predicted molar refractivity (Wildman–Crippen MR) is 102 cm³/mol. The lowest BCUT2D eigenvalue weighted by Crippen LogP contribution is -2.51. The van der Waals surface area contributed by atoms with Crippen LogP contribution in [0.5, 0.6) is 0 Å². The van der Waals surface area contributed by atoms with Crippen LogP contribution in [-0.2, 0) is 14.3 Å². The van der Waals surface area contributed by atoms with Crippen molar-refractivity contribution in [2.24, 2.45) is 0 Å². The van der Waals surface area contributed by atoms with Crippen LogP contribution in [0.4, 0.5) is 4.79 Å². The molecule has 8 nitrogen and oxygen atoms in total. The molecule has 0 bridgehead atoms. The van der Waals surface area contributed by atoms with E-state index in [4.69, 9.17) is 4.74 Å². The molecule has 0 saturated carbocycles. The molecule has 2 heterocycles. The Labute approximate surface area is 162 Å². The van der Waals surface area contributed by atoms with E-state index in [1.165, 1.54) is 0 Å². The second-order valence-corrected chi connectivity index (χ2v) is 7.19. The van der Waals surface area contributed by atoms with Crippen molar-refractivity contribution in [2.75, 3.05) is 59.0 Å². The lowest BCUT2D eigenvalue weighted by Gasteiger charge is -2.38. The van der Waals surface area contributed by atoms with E-state index < -0.39 is 0 Å². The number of carbonyl (C=O) groups excluding carboxylic acids is 3. The number of hydrogen-bond acceptors (Lipinski definition) is 5. The Balaban J connectivity index is 1.80. The Morgan fingerprint density at radius 3 is 2.11 bits per heavy atom. The third-order valence-corrected chi connectivity index (χ3v) is 5.57. The first-order valence-corrected chi connectivity index (χ1v) is 10.1. The van der Waals surface area contributed by atoms with Gasteiger partial charge < -0.3 is 24.3 Å². The van der Waals surface area contributed by atoms with Crippen LogP contribution in [0, 0.1) is 0 Å². The summed E-state index contributed by atoms with van der Waals surface area (Å²) in [6.45, 7) is 11.9. The Morgan fingerprint density at radius 2 is 1.59 bits per heavy atom. The Morgan fingerprint density at radius 1 is 0.963 bits per heavy atom. The fourth-order valence-electron chi connectivity index (χ4n) is 3.86. The largest absolute Gasteiger partial charge is 0.450 e. The second-order valence-electron chi connectivity index (χ2n) is 7.19. The Hall–Kier alpha value is -1.83. The summed E-state index contributed by atoms with van der Waals surface area (Å²) in [5, 5.41) is 0. The minimum Gasteiger partial charge on any atom is -0.450 e. The number of piperazine rings is 1. The van der Waals surface area contributed by atoms with Crippen molar-refractivity contribution >= 4 is 17.9 Å². The van der Waals surface area contributed by atoms with Gasteiger partial charge in [-0.3, -0.25) is 9.59 Å². The van der Waals surface area contributed by atoms with E-state index in [-0.39, 0.29) is 23.9 Å². The SMILES string of the molecule is CCOC(=O)N1CCC(N(CCC(=O)N2CCN(CC)CC2)C(C)=O)CC1. The maximum atomic E-state index is 12.5. The zero-order valence-electron chi connectivity index (χ0n) is 17.0. The molecule has 2 fully saturated rings. The third kappa shape index (κ3) is 6.09. The van der Waals surface area contributed by atoms with Crippen molar-refractivity contribution in [1.29, 1.82) is 0 Å². The van der Waals surface area contributed by atoms with Gasteiger partial charge in [-0.15, -0.1) is 0 Å². The van der Waals surface area contributed by atoms with Gasteiger partial charge in [0.25, 0.3) is 0 Å². The van der Waals surface area contributed by atoms with Crippen LogP contribution >= 0.6 is 0 Å². The van der Waals surface area contributed by atoms with Crippen molar-refractivity contribution in [3.05, 3.63) is 0 Å². The van der Waals surface area contributed by atoms with Crippen LogP contribution in [0.25, 0.3) is 0 Å². The normalized spacial score (nSPS) is 19.1. The van der Waals surface area contributed by atoms with Gasteiger partial charge in [0.05, 0.1) is 6.61 Å². The first-order chi connectivity index (χ1) is 13.0. The molecule has 0 atom stereocenters. The first kappa shape index (κ1) is 21.5. The number of hydrogen-bond donors (Lipinski definition) is 0. The van der Waals surface area contributed by atoms with E-state index in [2.05, 4.69) is 11.8 Å². The van der Waals surface area contributed by atoms with Crippen molar-refractivity contribution < 1.29 is 19.1 Å². The smallest absolute Gasteiger partial charge is 0.409 e. The summed E-state index contributed by atoms with van der Waals surface area (Å²) < 4.78 is 5.04. The number of piperidine rings is 1. The van der Waals surface area contributed by atoms with Crippen LogP contribution in [0.15, 0.2) is 0 Å². The van der Waals surface area contributed by atoms with E-state index in [9.17, 15) is 14.4 Å². The summed E-state index contributed by atoms with van der Waals surface area (Å²) in [6, 6.07) is 0.0814. The Kier molecular flexibility index (Phi) is 8.34. The molecule has 0 aromatic heterocycles. The lowest BCUT2D eigenvalue weighted by molar-refractivity contribution is -0.136. The number of ether oxygens (including phenoxy) is 1. The summed E-state index contributed by atoms with van der Waals surface area (Å²) in [6.07, 6.45) is 1.53. The highest BCUT2D eigenvalue weighted by Crippen LogP contribution is 2.18. The number of rotatable bonds is 6. The maximum absolute atomic E-state index is 12.5. The van der Waals surface area contributed by atoms with Crippen LogP contribution in [0.2, 0.25) is 0 Å². The average Bonchev–Trinajstić information content (AvgIpc) is 2.68. The van der Waals surface area contributed by atoms with Crippen molar-refractivity contribution in [3.63, 3.8) is 0 Å². The van der Waals surface area contributed by atoms with Gasteiger partial charge in [0, 0.05) is 65.2 Å². The molecule has 8 heteroatoms. The average molecular weight is 383 g/mol. The van der Waals surface area contributed by atoms with Crippen LogP contribution < -0.4 is 0 Å². The van der Waals surface area contributed by atoms with Gasteiger partial charge in [0.2, 0.25) is 11.8 Å². The number of amides is 3. The van der Waals surface area contributed by atoms with Gasteiger partial charge >= 0.3 is 6.09 Å². The zero-order chi connectivity index (χ0) is 19.8. The topological polar surface area (TPSA) is 73.4 Å². The van der Waals surface area contributed by atoms with E-state index in [0.29, 0.717) is 32.7 Å². The van der Waals surface area contributed by atoms with Gasteiger partial charge in [0.1, 0.15) is 0 Å². The van der Waals surface area contributed by atoms with E-state index in [1.807, 2.05) is 9.80 Å². The van der Waals surface area contributed by atoms with Crippen LogP contribution in [-0.4, -0.2) is 103 Å². The zero-order valence-corrected chi connectivity index (χ0v) is 17.0. The summed E-state index contributed by atoms with van der Waals surface area (Å²) in [7, 11) is 0. The molecule has 154 valence electrons. The molecular formula is C19H34N4O4. The molecule has 2 rings (SSSR count). The van der Waals surface area contributed by atoms with Gasteiger partial charge in [-0.2, -0.15) is 0 Å². The van der Waals surface area contributed by atoms with Crippen LogP contribution in [0.1, 0.15) is 40.0 Å². The van der Waals surface area contributed by atoms with E-state index in [0.717, 1.165) is 45.6 Å². The van der Waals surface area contributed by atoms with E-state index >= 15 is 0 Å². The van der Waals surface area contributed by atoms with Gasteiger partial charge in [-0.1, -0.05) is 6.92 Å². The van der Waals surface area contributed by atoms with Crippen LogP contribution in [0.3, 0.4) is 0 Å². The molecule has 0 N–H and O–H groups in total. The highest BCUT2D eigenvalue weighted by Gasteiger charge is 2.29. The minimum atomic E-state index is -0.285. The number of nitrogens with zero attached hydrogens (tertiary/aromatic N) is 4. The predicted octanol–water partition coefficient (Wildman–Crippen LogP) is 1.01. The summed E-state index contributed by atoms with van der Waals surface area (Å²) in [5.74, 6) is 0.120. The molecule has 2 saturated heterocycles. The van der Waals surface area contributed by atoms with Crippen molar-refractivity contribution in [1.82, 2.24) is 19.6 Å². The van der Waals surface area contributed by atoms with Gasteiger partial charge in [0.15, 0.2) is 0 Å². The molecule has 0 spiro atoms. The molecule has 2 aliphatic rings. The molecule has 2 aliphatic heterocycles. The minimum absolute atomic E-state index is 0.00631. The number of likely N-dealkylation sites (tertiary alicyclic amines) is 1. The third-order valence-electron chi connectivity index (χ3n) is 5.57. The molecule has 0 radical (unpaired) electrons. The molecular weight excluding hydrogens is 348 g/mol. The quantitative estimate of drug-likeness (QED) is 0.686. The fourth-order valence-corrected chi connectivity index (χ4v) is 3.86.